The fourth-order valence-electron chi connectivity index (χ4n) is 2.38. The molecule has 5 nitrogen and oxygen atoms in total. The summed E-state index contributed by atoms with van der Waals surface area (Å²) in [4.78, 5) is 4.32. The zero-order chi connectivity index (χ0) is 13.7. The summed E-state index contributed by atoms with van der Waals surface area (Å²) in [5, 5.41) is 0.577. The molecule has 1 aromatic heterocycles. The third-order valence-electron chi connectivity index (χ3n) is 3.28. The number of benzene rings is 2. The molecule has 0 saturated heterocycles. The zero-order valence-electron chi connectivity index (χ0n) is 10.3. The molecule has 2 N–H and O–H groups in total. The molecular weight excluding hydrogens is 278 g/mol. The van der Waals surface area contributed by atoms with Crippen LogP contribution in [-0.4, -0.2) is 16.3 Å². The van der Waals surface area contributed by atoms with Crippen molar-refractivity contribution < 1.29 is 9.47 Å². The highest BCUT2D eigenvalue weighted by Gasteiger charge is 2.17. The smallest absolute Gasteiger partial charge is 0.231 e. The molecule has 100 valence electrons. The van der Waals surface area contributed by atoms with Gasteiger partial charge in [-0.15, -0.1) is 0 Å². The normalized spacial score (nSPS) is 13.1. The van der Waals surface area contributed by atoms with Crippen LogP contribution in [0.3, 0.4) is 0 Å². The van der Waals surface area contributed by atoms with Crippen LogP contribution in [0.15, 0.2) is 36.4 Å². The molecule has 2 heterocycles. The van der Waals surface area contributed by atoms with Crippen molar-refractivity contribution in [2.24, 2.45) is 0 Å². The van der Waals surface area contributed by atoms with Crippen LogP contribution in [0.4, 0.5) is 5.95 Å². The number of rotatable bonds is 1. The van der Waals surface area contributed by atoms with Gasteiger partial charge in [-0.3, -0.25) is 4.57 Å². The Morgan fingerprint density at radius 2 is 2.00 bits per heavy atom. The summed E-state index contributed by atoms with van der Waals surface area (Å²) in [5.74, 6) is 1.81. The second-order valence-electron chi connectivity index (χ2n) is 4.45. The predicted molar refractivity (Wildman–Crippen MR) is 76.6 cm³/mol. The Morgan fingerprint density at radius 3 is 2.90 bits per heavy atom. The van der Waals surface area contributed by atoms with E-state index >= 15 is 0 Å². The van der Waals surface area contributed by atoms with Crippen LogP contribution in [0.5, 0.6) is 11.5 Å². The molecule has 0 amide bonds. The van der Waals surface area contributed by atoms with Crippen molar-refractivity contribution >= 4 is 28.6 Å². The first-order valence-corrected chi connectivity index (χ1v) is 6.44. The van der Waals surface area contributed by atoms with E-state index in [-0.39, 0.29) is 6.79 Å². The minimum Gasteiger partial charge on any atom is -0.454 e. The number of ether oxygens (including phenoxy) is 2. The quantitative estimate of drug-likeness (QED) is 0.747. The highest BCUT2D eigenvalue weighted by atomic mass is 35.5. The van der Waals surface area contributed by atoms with E-state index in [9.17, 15) is 0 Å². The lowest BCUT2D eigenvalue weighted by Gasteiger charge is -2.07. The van der Waals surface area contributed by atoms with Crippen LogP contribution >= 0.6 is 11.6 Å². The number of fused-ring (bicyclic) bond motifs is 2. The van der Waals surface area contributed by atoms with E-state index in [1.54, 1.807) is 6.07 Å². The third-order valence-corrected chi connectivity index (χ3v) is 3.58. The Hall–Kier alpha value is -2.40. The predicted octanol–water partition coefficient (Wildman–Crippen LogP) is 2.99. The number of anilines is 1. The van der Waals surface area contributed by atoms with Crippen molar-refractivity contribution in [2.75, 3.05) is 12.5 Å². The van der Waals surface area contributed by atoms with Crippen molar-refractivity contribution in [1.82, 2.24) is 9.55 Å². The lowest BCUT2D eigenvalue weighted by molar-refractivity contribution is 0.174. The SMILES string of the molecule is Nc1nc2c(Cl)cccc2n1-c1ccc2c(c1)OCO2. The molecule has 0 spiro atoms. The van der Waals surface area contributed by atoms with Gasteiger partial charge < -0.3 is 15.2 Å². The monoisotopic (exact) mass is 287 g/mol. The molecule has 0 radical (unpaired) electrons. The first-order chi connectivity index (χ1) is 9.74. The average molecular weight is 288 g/mol. The number of imidazole rings is 1. The van der Waals surface area contributed by atoms with Crippen molar-refractivity contribution in [3.8, 4) is 17.2 Å². The Morgan fingerprint density at radius 1 is 1.15 bits per heavy atom. The second-order valence-corrected chi connectivity index (χ2v) is 4.86. The first kappa shape index (κ1) is 11.4. The summed E-state index contributed by atoms with van der Waals surface area (Å²) in [6, 6.07) is 11.2. The van der Waals surface area contributed by atoms with Gasteiger partial charge in [0.25, 0.3) is 0 Å². The van der Waals surface area contributed by atoms with Gasteiger partial charge in [-0.25, -0.2) is 4.98 Å². The largest absolute Gasteiger partial charge is 0.454 e. The van der Waals surface area contributed by atoms with Gasteiger partial charge in [0.05, 0.1) is 16.2 Å². The van der Waals surface area contributed by atoms with Crippen LogP contribution in [0.25, 0.3) is 16.7 Å². The van der Waals surface area contributed by atoms with E-state index in [2.05, 4.69) is 4.98 Å². The molecule has 3 aromatic rings. The van der Waals surface area contributed by atoms with E-state index in [4.69, 9.17) is 26.8 Å². The minimum atomic E-state index is 0.241. The van der Waals surface area contributed by atoms with E-state index in [1.165, 1.54) is 0 Å². The minimum absolute atomic E-state index is 0.241. The standard InChI is InChI=1S/C14H10ClN3O2/c15-9-2-1-3-10-13(9)17-14(16)18(10)8-4-5-11-12(6-8)20-7-19-11/h1-6H,7H2,(H2,16,17). The number of nitrogen functional groups attached to an aromatic ring is 1. The molecule has 0 unspecified atom stereocenters. The van der Waals surface area contributed by atoms with Crippen molar-refractivity contribution in [3.05, 3.63) is 41.4 Å². The zero-order valence-corrected chi connectivity index (χ0v) is 11.1. The number of nitrogens with zero attached hydrogens (tertiary/aromatic N) is 2. The molecule has 0 atom stereocenters. The fourth-order valence-corrected chi connectivity index (χ4v) is 2.59. The number of hydrogen-bond acceptors (Lipinski definition) is 4. The first-order valence-electron chi connectivity index (χ1n) is 6.06. The highest BCUT2D eigenvalue weighted by molar-refractivity contribution is 6.35. The van der Waals surface area contributed by atoms with Gasteiger partial charge in [0.15, 0.2) is 11.5 Å². The maximum atomic E-state index is 6.15. The molecule has 1 aliphatic rings. The Balaban J connectivity index is 1.98. The molecule has 0 saturated carbocycles. The van der Waals surface area contributed by atoms with Crippen LogP contribution in [0.2, 0.25) is 5.02 Å². The lowest BCUT2D eigenvalue weighted by Crippen LogP contribution is -2.00. The fraction of sp³-hybridized carbons (Fsp3) is 0.0714. The molecule has 0 aliphatic carbocycles. The maximum absolute atomic E-state index is 6.15. The van der Waals surface area contributed by atoms with Gasteiger partial charge in [-0.1, -0.05) is 17.7 Å². The van der Waals surface area contributed by atoms with Crippen LogP contribution < -0.4 is 15.2 Å². The maximum Gasteiger partial charge on any atom is 0.231 e. The summed E-state index contributed by atoms with van der Waals surface area (Å²) in [6.45, 7) is 0.241. The van der Waals surface area contributed by atoms with E-state index in [1.807, 2.05) is 34.9 Å². The summed E-state index contributed by atoms with van der Waals surface area (Å²) >= 11 is 6.15. The molecular formula is C14H10ClN3O2. The number of nitrogens with two attached hydrogens (primary N) is 1. The van der Waals surface area contributed by atoms with E-state index in [0.29, 0.717) is 22.2 Å². The van der Waals surface area contributed by atoms with Gasteiger partial charge in [0, 0.05) is 6.07 Å². The van der Waals surface area contributed by atoms with E-state index < -0.39 is 0 Å². The molecule has 0 fully saturated rings. The van der Waals surface area contributed by atoms with Crippen LogP contribution in [0, 0.1) is 0 Å². The van der Waals surface area contributed by atoms with Gasteiger partial charge in [-0.05, 0) is 24.3 Å². The third kappa shape index (κ3) is 1.53. The van der Waals surface area contributed by atoms with Crippen LogP contribution in [0.1, 0.15) is 0 Å². The van der Waals surface area contributed by atoms with Crippen molar-refractivity contribution in [1.29, 1.82) is 0 Å². The molecule has 6 heteroatoms. The average Bonchev–Trinajstić information content (AvgIpc) is 3.02. The summed E-state index contributed by atoms with van der Waals surface area (Å²) in [7, 11) is 0. The highest BCUT2D eigenvalue weighted by Crippen LogP contribution is 2.36. The van der Waals surface area contributed by atoms with Gasteiger partial charge >= 0.3 is 0 Å². The van der Waals surface area contributed by atoms with Crippen molar-refractivity contribution in [2.45, 2.75) is 0 Å². The number of aromatic nitrogens is 2. The molecule has 20 heavy (non-hydrogen) atoms. The van der Waals surface area contributed by atoms with Gasteiger partial charge in [-0.2, -0.15) is 0 Å². The van der Waals surface area contributed by atoms with Crippen molar-refractivity contribution in [3.63, 3.8) is 0 Å². The van der Waals surface area contributed by atoms with Gasteiger partial charge in [0.2, 0.25) is 12.7 Å². The topological polar surface area (TPSA) is 62.3 Å². The van der Waals surface area contributed by atoms with Crippen LogP contribution in [-0.2, 0) is 0 Å². The molecule has 1 aliphatic heterocycles. The summed E-state index contributed by atoms with van der Waals surface area (Å²) < 4.78 is 12.5. The number of para-hydroxylation sites is 1. The second kappa shape index (κ2) is 4.05. The summed E-state index contributed by atoms with van der Waals surface area (Å²) in [5.41, 5.74) is 8.42. The molecule has 4 rings (SSSR count). The Kier molecular flexibility index (Phi) is 2.31. The molecule has 0 bridgehead atoms. The summed E-state index contributed by atoms with van der Waals surface area (Å²) in [6.07, 6.45) is 0. The number of halogens is 1. The van der Waals surface area contributed by atoms with Gasteiger partial charge in [0.1, 0.15) is 5.52 Å². The Bertz CT molecular complexity index is 829. The van der Waals surface area contributed by atoms with E-state index in [0.717, 1.165) is 17.0 Å². The number of hydrogen-bond donors (Lipinski definition) is 1. The lowest BCUT2D eigenvalue weighted by atomic mass is 10.2. The molecule has 2 aromatic carbocycles. The Labute approximate surface area is 119 Å².